The van der Waals surface area contributed by atoms with Crippen molar-refractivity contribution < 1.29 is 12.6 Å². The van der Waals surface area contributed by atoms with E-state index in [1.54, 1.807) is 13.0 Å². The van der Waals surface area contributed by atoms with Crippen molar-refractivity contribution in [2.75, 3.05) is 13.4 Å². The number of thioether (sulfide) groups is 1. The van der Waals surface area contributed by atoms with Crippen LogP contribution >= 0.6 is 11.8 Å². The Bertz CT molecular complexity index is 858. The zero-order chi connectivity index (χ0) is 16.3. The van der Waals surface area contributed by atoms with Crippen LogP contribution in [0.2, 0.25) is 0 Å². The van der Waals surface area contributed by atoms with E-state index in [0.29, 0.717) is 27.7 Å². The summed E-state index contributed by atoms with van der Waals surface area (Å²) in [5.41, 5.74) is 1.80. The highest BCUT2D eigenvalue weighted by atomic mass is 32.2. The summed E-state index contributed by atoms with van der Waals surface area (Å²) >= 11 is 1.35. The summed E-state index contributed by atoms with van der Waals surface area (Å²) in [4.78, 5) is 8.54. The van der Waals surface area contributed by atoms with Crippen molar-refractivity contribution in [3.63, 3.8) is 0 Å². The second-order valence-corrected chi connectivity index (χ2v) is 6.78. The van der Waals surface area contributed by atoms with E-state index in [2.05, 4.69) is 14.2 Å². The van der Waals surface area contributed by atoms with Crippen LogP contribution in [0.3, 0.4) is 0 Å². The van der Waals surface area contributed by atoms with E-state index in [1.807, 2.05) is 12.3 Å². The van der Waals surface area contributed by atoms with E-state index < -0.39 is 10.1 Å². The number of benzene rings is 1. The van der Waals surface area contributed by atoms with Crippen molar-refractivity contribution in [1.29, 1.82) is 5.26 Å². The number of aryl methyl sites for hydroxylation is 1. The second-order valence-electron chi connectivity index (χ2n) is 4.32. The molecule has 0 amide bonds. The predicted molar refractivity (Wildman–Crippen MR) is 82.9 cm³/mol. The fourth-order valence-electron chi connectivity index (χ4n) is 1.88. The molecule has 0 unspecified atom stereocenters. The van der Waals surface area contributed by atoms with E-state index in [1.165, 1.54) is 30.0 Å². The molecular formula is C14H13N3O3S2. The Kier molecular flexibility index (Phi) is 4.81. The third-order valence-corrected chi connectivity index (χ3v) is 4.77. The molecule has 0 fully saturated rings. The van der Waals surface area contributed by atoms with Gasteiger partial charge in [0.1, 0.15) is 4.90 Å². The molecule has 0 N–H and O–H groups in total. The molecule has 6 nitrogen and oxygen atoms in total. The average Bonchev–Trinajstić information content (AvgIpc) is 2.53. The van der Waals surface area contributed by atoms with Gasteiger partial charge in [0.2, 0.25) is 0 Å². The van der Waals surface area contributed by atoms with Crippen molar-refractivity contribution in [2.24, 2.45) is 0 Å². The Labute approximate surface area is 133 Å². The molecule has 0 spiro atoms. The molecule has 0 radical (unpaired) electrons. The maximum Gasteiger partial charge on any atom is 0.297 e. The van der Waals surface area contributed by atoms with Gasteiger partial charge in [0, 0.05) is 11.3 Å². The molecule has 1 heterocycles. The van der Waals surface area contributed by atoms with Crippen LogP contribution in [0.15, 0.2) is 34.3 Å². The quantitative estimate of drug-likeness (QED) is 0.481. The molecule has 1 aromatic carbocycles. The largest absolute Gasteiger partial charge is 0.297 e. The number of aromatic nitrogens is 2. The zero-order valence-corrected chi connectivity index (χ0v) is 13.8. The van der Waals surface area contributed by atoms with E-state index >= 15 is 0 Å². The van der Waals surface area contributed by atoms with Crippen molar-refractivity contribution in [1.82, 2.24) is 9.97 Å². The molecule has 1 aromatic heterocycles. The van der Waals surface area contributed by atoms with Crippen LogP contribution in [0.25, 0.3) is 11.3 Å². The summed E-state index contributed by atoms with van der Waals surface area (Å²) in [6.45, 7) is 1.80. The van der Waals surface area contributed by atoms with Gasteiger partial charge in [0.15, 0.2) is 5.16 Å². The first-order chi connectivity index (χ1) is 10.4. The highest BCUT2D eigenvalue weighted by molar-refractivity contribution is 7.98. The highest BCUT2D eigenvalue weighted by Gasteiger charge is 2.21. The van der Waals surface area contributed by atoms with Gasteiger partial charge in [-0.1, -0.05) is 11.8 Å². The molecule has 0 aliphatic carbocycles. The lowest BCUT2D eigenvalue weighted by Gasteiger charge is -2.10. The summed E-state index contributed by atoms with van der Waals surface area (Å²) in [6.07, 6.45) is 1.83. The lowest BCUT2D eigenvalue weighted by molar-refractivity contribution is 0.398. The fraction of sp³-hybridized carbons (Fsp3) is 0.214. The van der Waals surface area contributed by atoms with Gasteiger partial charge >= 0.3 is 0 Å². The molecule has 8 heteroatoms. The minimum atomic E-state index is -3.91. The Morgan fingerprint density at radius 1 is 1.27 bits per heavy atom. The van der Waals surface area contributed by atoms with Gasteiger partial charge in [-0.15, -0.1) is 0 Å². The molecule has 2 rings (SSSR count). The summed E-state index contributed by atoms with van der Waals surface area (Å²) in [5, 5.41) is 9.57. The number of hydrogen-bond acceptors (Lipinski definition) is 7. The minimum absolute atomic E-state index is 0.0286. The topological polar surface area (TPSA) is 92.9 Å². The number of hydrogen-bond donors (Lipinski definition) is 0. The van der Waals surface area contributed by atoms with Crippen LogP contribution in [-0.4, -0.2) is 31.8 Å². The van der Waals surface area contributed by atoms with Crippen LogP contribution in [-0.2, 0) is 14.3 Å². The molecule has 114 valence electrons. The van der Waals surface area contributed by atoms with Crippen molar-refractivity contribution >= 4 is 21.9 Å². The van der Waals surface area contributed by atoms with Gasteiger partial charge in [0.05, 0.1) is 24.4 Å². The zero-order valence-electron chi connectivity index (χ0n) is 12.2. The molecule has 0 saturated heterocycles. The van der Waals surface area contributed by atoms with Crippen molar-refractivity contribution in [3.8, 4) is 17.3 Å². The van der Waals surface area contributed by atoms with Crippen LogP contribution < -0.4 is 0 Å². The third kappa shape index (κ3) is 3.27. The molecule has 0 bridgehead atoms. The third-order valence-electron chi connectivity index (χ3n) is 2.89. The lowest BCUT2D eigenvalue weighted by Crippen LogP contribution is -2.06. The maximum atomic E-state index is 12.1. The van der Waals surface area contributed by atoms with Crippen molar-refractivity contribution in [3.05, 3.63) is 35.5 Å². The monoisotopic (exact) mass is 335 g/mol. The molecule has 2 aromatic rings. The summed E-state index contributed by atoms with van der Waals surface area (Å²) in [7, 11) is -2.82. The summed E-state index contributed by atoms with van der Waals surface area (Å²) < 4.78 is 28.7. The molecule has 22 heavy (non-hydrogen) atoms. The predicted octanol–water partition coefficient (Wildman–Crippen LogP) is 2.38. The van der Waals surface area contributed by atoms with E-state index in [-0.39, 0.29) is 4.90 Å². The van der Waals surface area contributed by atoms with Crippen LogP contribution in [0, 0.1) is 18.3 Å². The van der Waals surface area contributed by atoms with E-state index in [9.17, 15) is 8.42 Å². The van der Waals surface area contributed by atoms with Crippen LogP contribution in [0.4, 0.5) is 0 Å². The standard InChI is InChI=1S/C14H13N3O3S2/c1-9-6-12(17-14(16-9)21-3)11-7-10(8-15)4-5-13(11)22(18,19)20-2/h4-7H,1-3H3. The molecule has 0 aliphatic heterocycles. The van der Waals surface area contributed by atoms with Crippen molar-refractivity contribution in [2.45, 2.75) is 17.0 Å². The Morgan fingerprint density at radius 2 is 2.00 bits per heavy atom. The molecular weight excluding hydrogens is 322 g/mol. The van der Waals surface area contributed by atoms with Crippen LogP contribution in [0.1, 0.15) is 11.3 Å². The van der Waals surface area contributed by atoms with Gasteiger partial charge in [-0.05, 0) is 37.4 Å². The summed E-state index contributed by atoms with van der Waals surface area (Å²) in [5.74, 6) is 0. The van der Waals surface area contributed by atoms with Crippen LogP contribution in [0.5, 0.6) is 0 Å². The highest BCUT2D eigenvalue weighted by Crippen LogP contribution is 2.29. The Morgan fingerprint density at radius 3 is 2.59 bits per heavy atom. The number of nitriles is 1. The first-order valence-electron chi connectivity index (χ1n) is 6.16. The SMILES string of the molecule is COS(=O)(=O)c1ccc(C#N)cc1-c1cc(C)nc(SC)n1. The van der Waals surface area contributed by atoms with E-state index in [0.717, 1.165) is 7.11 Å². The van der Waals surface area contributed by atoms with Gasteiger partial charge in [-0.3, -0.25) is 4.18 Å². The first-order valence-corrected chi connectivity index (χ1v) is 8.79. The van der Waals surface area contributed by atoms with Gasteiger partial charge < -0.3 is 0 Å². The minimum Gasteiger partial charge on any atom is -0.270 e. The smallest absolute Gasteiger partial charge is 0.270 e. The van der Waals surface area contributed by atoms with Gasteiger partial charge in [-0.2, -0.15) is 13.7 Å². The molecule has 0 aliphatic rings. The van der Waals surface area contributed by atoms with Gasteiger partial charge in [0.25, 0.3) is 10.1 Å². The number of rotatable bonds is 4. The fourth-order valence-corrected chi connectivity index (χ4v) is 3.15. The normalized spacial score (nSPS) is 11.2. The Balaban J connectivity index is 2.78. The molecule has 0 atom stereocenters. The molecule has 0 saturated carbocycles. The Hall–Kier alpha value is -1.95. The first kappa shape index (κ1) is 16.4. The van der Waals surface area contributed by atoms with Gasteiger partial charge in [-0.25, -0.2) is 9.97 Å². The summed E-state index contributed by atoms with van der Waals surface area (Å²) in [6, 6.07) is 7.93. The number of nitrogens with zero attached hydrogens (tertiary/aromatic N) is 3. The average molecular weight is 335 g/mol. The second kappa shape index (κ2) is 6.44. The lowest BCUT2D eigenvalue weighted by atomic mass is 10.1. The van der Waals surface area contributed by atoms with E-state index in [4.69, 9.17) is 5.26 Å². The maximum absolute atomic E-state index is 12.1.